The van der Waals surface area contributed by atoms with Crippen molar-refractivity contribution in [3.05, 3.63) is 70.9 Å². The van der Waals surface area contributed by atoms with Crippen LogP contribution in [-0.4, -0.2) is 21.8 Å². The van der Waals surface area contributed by atoms with Crippen molar-refractivity contribution in [2.45, 2.75) is 0 Å². The van der Waals surface area contributed by atoms with Crippen LogP contribution in [0.3, 0.4) is 0 Å². The third-order valence-electron chi connectivity index (χ3n) is 3.24. The first-order valence-corrected chi connectivity index (χ1v) is 8.16. The lowest BCUT2D eigenvalue weighted by molar-refractivity contribution is -0.121. The maximum Gasteiger partial charge on any atom is 0.267 e. The molecule has 1 amide bonds. The van der Waals surface area contributed by atoms with Gasteiger partial charge in [-0.25, -0.2) is 4.39 Å². The SMILES string of the molecule is O=C1/C(=C\c2cccc(F)c2)SC(=S)N1CNc1ccccc1. The van der Waals surface area contributed by atoms with Gasteiger partial charge in [-0.2, -0.15) is 0 Å². The van der Waals surface area contributed by atoms with E-state index < -0.39 is 0 Å². The number of thiocarbonyl (C=S) groups is 1. The molecule has 0 aliphatic carbocycles. The molecular formula is C17H13FN2OS2. The summed E-state index contributed by atoms with van der Waals surface area (Å²) in [5.41, 5.74) is 1.55. The van der Waals surface area contributed by atoms with Gasteiger partial charge in [-0.05, 0) is 35.9 Å². The molecule has 3 rings (SSSR count). The highest BCUT2D eigenvalue weighted by Gasteiger charge is 2.31. The van der Waals surface area contributed by atoms with E-state index in [0.717, 1.165) is 5.69 Å². The molecule has 0 aromatic heterocycles. The van der Waals surface area contributed by atoms with Gasteiger partial charge in [-0.3, -0.25) is 9.69 Å². The van der Waals surface area contributed by atoms with Crippen molar-refractivity contribution < 1.29 is 9.18 Å². The van der Waals surface area contributed by atoms with Crippen LogP contribution in [0.5, 0.6) is 0 Å². The summed E-state index contributed by atoms with van der Waals surface area (Å²) in [6, 6.07) is 15.7. The number of nitrogens with zero attached hydrogens (tertiary/aromatic N) is 1. The minimum absolute atomic E-state index is 0.173. The number of halogens is 1. The fraction of sp³-hybridized carbons (Fsp3) is 0.0588. The molecule has 0 saturated carbocycles. The summed E-state index contributed by atoms with van der Waals surface area (Å²) >= 11 is 6.49. The maximum absolute atomic E-state index is 13.2. The number of carbonyl (C=O) groups is 1. The Labute approximate surface area is 143 Å². The van der Waals surface area contributed by atoms with Gasteiger partial charge in [0, 0.05) is 5.69 Å². The van der Waals surface area contributed by atoms with Gasteiger partial charge in [0.05, 0.1) is 11.6 Å². The summed E-state index contributed by atoms with van der Waals surface area (Å²) < 4.78 is 13.7. The summed E-state index contributed by atoms with van der Waals surface area (Å²) in [6.45, 7) is 0.301. The summed E-state index contributed by atoms with van der Waals surface area (Å²) in [7, 11) is 0. The first-order valence-electron chi connectivity index (χ1n) is 6.93. The van der Waals surface area contributed by atoms with Crippen molar-refractivity contribution in [1.29, 1.82) is 0 Å². The van der Waals surface area contributed by atoms with E-state index in [1.165, 1.54) is 28.8 Å². The Morgan fingerprint density at radius 2 is 1.96 bits per heavy atom. The lowest BCUT2D eigenvalue weighted by atomic mass is 10.2. The van der Waals surface area contributed by atoms with Gasteiger partial charge in [-0.15, -0.1) is 0 Å². The Hall–Kier alpha value is -2.18. The largest absolute Gasteiger partial charge is 0.367 e. The monoisotopic (exact) mass is 344 g/mol. The predicted octanol–water partition coefficient (Wildman–Crippen LogP) is 4.10. The van der Waals surface area contributed by atoms with Gasteiger partial charge in [-0.1, -0.05) is 54.3 Å². The van der Waals surface area contributed by atoms with E-state index in [4.69, 9.17) is 12.2 Å². The molecule has 0 atom stereocenters. The van der Waals surface area contributed by atoms with Crippen LogP contribution in [0, 0.1) is 5.82 Å². The van der Waals surface area contributed by atoms with E-state index in [2.05, 4.69) is 5.32 Å². The third-order valence-corrected chi connectivity index (χ3v) is 4.61. The number of thioether (sulfide) groups is 1. The molecule has 1 N–H and O–H groups in total. The molecular weight excluding hydrogens is 331 g/mol. The molecule has 1 aliphatic heterocycles. The van der Waals surface area contributed by atoms with E-state index in [1.54, 1.807) is 18.2 Å². The van der Waals surface area contributed by atoms with Crippen LogP contribution in [0.25, 0.3) is 6.08 Å². The number of nitrogens with one attached hydrogen (secondary N) is 1. The van der Waals surface area contributed by atoms with Gasteiger partial charge in [0.15, 0.2) is 0 Å². The number of hydrogen-bond acceptors (Lipinski definition) is 4. The second kappa shape index (κ2) is 6.93. The Bertz CT molecular complexity index is 777. The summed E-state index contributed by atoms with van der Waals surface area (Å²) in [5.74, 6) is -0.507. The minimum Gasteiger partial charge on any atom is -0.367 e. The van der Waals surface area contributed by atoms with Crippen LogP contribution in [0.2, 0.25) is 0 Å². The number of para-hydroxylation sites is 1. The zero-order chi connectivity index (χ0) is 16.2. The highest BCUT2D eigenvalue weighted by atomic mass is 32.2. The molecule has 1 aliphatic rings. The van der Waals surface area contributed by atoms with Crippen LogP contribution in [0.4, 0.5) is 10.1 Å². The van der Waals surface area contributed by atoms with Gasteiger partial charge in [0.1, 0.15) is 10.1 Å². The van der Waals surface area contributed by atoms with Crippen molar-refractivity contribution in [3.8, 4) is 0 Å². The fourth-order valence-electron chi connectivity index (χ4n) is 2.11. The quantitative estimate of drug-likeness (QED) is 0.669. The van der Waals surface area contributed by atoms with Crippen molar-refractivity contribution in [3.63, 3.8) is 0 Å². The fourth-order valence-corrected chi connectivity index (χ4v) is 3.37. The van der Waals surface area contributed by atoms with Gasteiger partial charge in [0.25, 0.3) is 5.91 Å². The second-order valence-corrected chi connectivity index (χ2v) is 6.54. The number of hydrogen-bond donors (Lipinski definition) is 1. The average Bonchev–Trinajstić information content (AvgIpc) is 2.80. The van der Waals surface area contributed by atoms with Crippen molar-refractivity contribution in [2.24, 2.45) is 0 Å². The Kier molecular flexibility index (Phi) is 4.73. The summed E-state index contributed by atoms with van der Waals surface area (Å²) in [4.78, 5) is 14.4. The van der Waals surface area contributed by atoms with E-state index in [-0.39, 0.29) is 11.7 Å². The number of amides is 1. The molecule has 0 radical (unpaired) electrons. The standard InChI is InChI=1S/C17H13FN2OS2/c18-13-6-4-5-12(9-13)10-15-16(21)20(17(22)23-15)11-19-14-7-2-1-3-8-14/h1-10,19H,11H2/b15-10+. The normalized spacial score (nSPS) is 16.2. The maximum atomic E-state index is 13.2. The number of anilines is 1. The summed E-state index contributed by atoms with van der Waals surface area (Å²) in [5, 5.41) is 3.16. The molecule has 6 heteroatoms. The lowest BCUT2D eigenvalue weighted by Crippen LogP contribution is -2.33. The van der Waals surface area contributed by atoms with Gasteiger partial charge in [0.2, 0.25) is 0 Å². The van der Waals surface area contributed by atoms with Crippen molar-refractivity contribution >= 4 is 46.0 Å². The van der Waals surface area contributed by atoms with Crippen LogP contribution < -0.4 is 5.32 Å². The molecule has 116 valence electrons. The van der Waals surface area contributed by atoms with Crippen LogP contribution in [-0.2, 0) is 4.79 Å². The zero-order valence-electron chi connectivity index (χ0n) is 12.0. The van der Waals surface area contributed by atoms with E-state index >= 15 is 0 Å². The van der Waals surface area contributed by atoms with Gasteiger partial charge < -0.3 is 5.32 Å². The average molecular weight is 344 g/mol. The molecule has 0 unspecified atom stereocenters. The Balaban J connectivity index is 1.72. The molecule has 0 bridgehead atoms. The highest BCUT2D eigenvalue weighted by molar-refractivity contribution is 8.26. The molecule has 1 saturated heterocycles. The Morgan fingerprint density at radius 1 is 1.17 bits per heavy atom. The predicted molar refractivity (Wildman–Crippen MR) is 96.3 cm³/mol. The molecule has 0 spiro atoms. The van der Waals surface area contributed by atoms with Crippen LogP contribution >= 0.6 is 24.0 Å². The Morgan fingerprint density at radius 3 is 2.70 bits per heavy atom. The smallest absolute Gasteiger partial charge is 0.267 e. The topological polar surface area (TPSA) is 32.3 Å². The molecule has 23 heavy (non-hydrogen) atoms. The third kappa shape index (κ3) is 3.78. The first-order chi connectivity index (χ1) is 11.1. The summed E-state index contributed by atoms with van der Waals surface area (Å²) in [6.07, 6.45) is 1.66. The highest BCUT2D eigenvalue weighted by Crippen LogP contribution is 2.32. The second-order valence-electron chi connectivity index (χ2n) is 4.87. The first kappa shape index (κ1) is 15.7. The van der Waals surface area contributed by atoms with Gasteiger partial charge >= 0.3 is 0 Å². The molecule has 2 aromatic rings. The lowest BCUT2D eigenvalue weighted by Gasteiger charge is -2.16. The molecule has 3 nitrogen and oxygen atoms in total. The van der Waals surface area contributed by atoms with E-state index in [1.807, 2.05) is 30.3 Å². The molecule has 1 fully saturated rings. The van der Waals surface area contributed by atoms with Crippen molar-refractivity contribution in [2.75, 3.05) is 12.0 Å². The van der Waals surface area contributed by atoms with Crippen LogP contribution in [0.1, 0.15) is 5.56 Å². The van der Waals surface area contributed by atoms with E-state index in [0.29, 0.717) is 21.5 Å². The van der Waals surface area contributed by atoms with E-state index in [9.17, 15) is 9.18 Å². The van der Waals surface area contributed by atoms with Crippen molar-refractivity contribution in [1.82, 2.24) is 4.90 Å². The molecule has 2 aromatic carbocycles. The number of carbonyl (C=O) groups excluding carboxylic acids is 1. The number of benzene rings is 2. The molecule has 1 heterocycles. The number of rotatable bonds is 4. The van der Waals surface area contributed by atoms with Crippen LogP contribution in [0.15, 0.2) is 59.5 Å². The minimum atomic E-state index is -0.333. The zero-order valence-corrected chi connectivity index (χ0v) is 13.7.